The predicted molar refractivity (Wildman–Crippen MR) is 95.6 cm³/mol. The van der Waals surface area contributed by atoms with Gasteiger partial charge in [-0.3, -0.25) is 4.79 Å². The van der Waals surface area contributed by atoms with E-state index in [1.165, 1.54) is 24.0 Å². The molecule has 1 aromatic heterocycles. The summed E-state index contributed by atoms with van der Waals surface area (Å²) in [7, 11) is 0. The van der Waals surface area contributed by atoms with E-state index in [1.807, 2.05) is 18.2 Å². The maximum Gasteiger partial charge on any atom is 0.238 e. The van der Waals surface area contributed by atoms with Crippen LogP contribution in [0.5, 0.6) is 11.5 Å². The summed E-state index contributed by atoms with van der Waals surface area (Å²) in [4.78, 5) is 17.3. The van der Waals surface area contributed by atoms with Gasteiger partial charge in [0.05, 0.1) is 15.3 Å². The van der Waals surface area contributed by atoms with Crippen LogP contribution in [-0.4, -0.2) is 29.4 Å². The van der Waals surface area contributed by atoms with Gasteiger partial charge in [-0.1, -0.05) is 23.2 Å². The summed E-state index contributed by atoms with van der Waals surface area (Å²) >= 11 is 13.2. The molecule has 0 saturated heterocycles. The van der Waals surface area contributed by atoms with Gasteiger partial charge in [0.15, 0.2) is 17.3 Å². The highest BCUT2D eigenvalue weighted by atomic mass is 35.5. The van der Waals surface area contributed by atoms with Crippen LogP contribution in [0.25, 0.3) is 0 Å². The van der Waals surface area contributed by atoms with E-state index in [2.05, 4.69) is 10.3 Å². The van der Waals surface area contributed by atoms with Crippen molar-refractivity contribution in [3.05, 3.63) is 40.5 Å². The van der Waals surface area contributed by atoms with Crippen molar-refractivity contribution in [3.8, 4) is 11.5 Å². The number of nitrogens with one attached hydrogen (secondary N) is 1. The van der Waals surface area contributed by atoms with Crippen molar-refractivity contribution in [2.75, 3.05) is 18.5 Å². The van der Waals surface area contributed by atoms with Gasteiger partial charge in [0.25, 0.3) is 0 Å². The van der Waals surface area contributed by atoms with Crippen molar-refractivity contribution in [3.63, 3.8) is 0 Å². The number of anilines is 1. The Labute approximate surface area is 153 Å². The smallest absolute Gasteiger partial charge is 0.238 e. The lowest BCUT2D eigenvalue weighted by Gasteiger charge is -2.19. The summed E-state index contributed by atoms with van der Waals surface area (Å²) in [6.07, 6.45) is 1.43. The van der Waals surface area contributed by atoms with Crippen molar-refractivity contribution in [1.82, 2.24) is 4.98 Å². The van der Waals surface area contributed by atoms with Crippen LogP contribution in [0.4, 0.5) is 5.82 Å². The largest absolute Gasteiger partial charge is 0.486 e. The Morgan fingerprint density at radius 1 is 1.25 bits per heavy atom. The summed E-state index contributed by atoms with van der Waals surface area (Å²) in [5.41, 5.74) is 0. The highest BCUT2D eigenvalue weighted by Gasteiger charge is 2.18. The zero-order chi connectivity index (χ0) is 17.1. The average molecular weight is 385 g/mol. The van der Waals surface area contributed by atoms with Crippen molar-refractivity contribution in [2.24, 2.45) is 0 Å². The second-order valence-electron chi connectivity index (χ2n) is 5.04. The molecule has 1 N–H and O–H groups in total. The van der Waals surface area contributed by atoms with Crippen LogP contribution in [0.3, 0.4) is 0 Å². The molecule has 2 heterocycles. The number of nitrogens with zero attached hydrogens (tertiary/aromatic N) is 1. The Kier molecular flexibility index (Phi) is 5.38. The molecule has 24 heavy (non-hydrogen) atoms. The number of thioether (sulfide) groups is 1. The fourth-order valence-electron chi connectivity index (χ4n) is 2.08. The van der Waals surface area contributed by atoms with Crippen molar-refractivity contribution < 1.29 is 14.3 Å². The number of pyridine rings is 1. The Bertz CT molecular complexity index is 773. The quantitative estimate of drug-likeness (QED) is 0.797. The number of carbonyl (C=O) groups is 1. The molecule has 5 nitrogen and oxygen atoms in total. The van der Waals surface area contributed by atoms with E-state index in [4.69, 9.17) is 32.7 Å². The highest BCUT2D eigenvalue weighted by molar-refractivity contribution is 8.00. The van der Waals surface area contributed by atoms with Gasteiger partial charge in [0, 0.05) is 11.1 Å². The molecule has 1 aliphatic heterocycles. The third-order valence-corrected chi connectivity index (χ3v) is 4.83. The Morgan fingerprint density at radius 3 is 2.75 bits per heavy atom. The van der Waals surface area contributed by atoms with Gasteiger partial charge < -0.3 is 14.8 Å². The van der Waals surface area contributed by atoms with Crippen LogP contribution in [-0.2, 0) is 4.79 Å². The van der Waals surface area contributed by atoms with E-state index in [1.54, 1.807) is 6.92 Å². The minimum absolute atomic E-state index is 0.202. The van der Waals surface area contributed by atoms with E-state index in [-0.39, 0.29) is 11.2 Å². The van der Waals surface area contributed by atoms with Crippen molar-refractivity contribution in [1.29, 1.82) is 0 Å². The molecule has 0 bridgehead atoms. The zero-order valence-electron chi connectivity index (χ0n) is 12.7. The molecule has 0 aliphatic carbocycles. The summed E-state index contributed by atoms with van der Waals surface area (Å²) in [5, 5.41) is 3.07. The first-order valence-electron chi connectivity index (χ1n) is 7.21. The van der Waals surface area contributed by atoms with Crippen LogP contribution >= 0.6 is 35.0 Å². The van der Waals surface area contributed by atoms with Crippen LogP contribution in [0.15, 0.2) is 35.4 Å². The maximum absolute atomic E-state index is 12.3. The lowest BCUT2D eigenvalue weighted by molar-refractivity contribution is -0.115. The normalized spacial score (nSPS) is 14.1. The molecule has 0 radical (unpaired) electrons. The number of hydrogen-bond donors (Lipinski definition) is 1. The molecule has 2 aromatic rings. The van der Waals surface area contributed by atoms with E-state index in [0.717, 1.165) is 10.6 Å². The van der Waals surface area contributed by atoms with E-state index in [0.29, 0.717) is 34.8 Å². The van der Waals surface area contributed by atoms with E-state index < -0.39 is 0 Å². The van der Waals surface area contributed by atoms with Gasteiger partial charge >= 0.3 is 0 Å². The van der Waals surface area contributed by atoms with Gasteiger partial charge in [0.1, 0.15) is 13.2 Å². The molecule has 0 saturated carbocycles. The molecule has 126 valence electrons. The summed E-state index contributed by atoms with van der Waals surface area (Å²) in [5.74, 6) is 1.51. The van der Waals surface area contributed by atoms with Gasteiger partial charge in [-0.05, 0) is 31.2 Å². The summed E-state index contributed by atoms with van der Waals surface area (Å²) in [6.45, 7) is 2.88. The lowest BCUT2D eigenvalue weighted by Crippen LogP contribution is -2.23. The predicted octanol–water partition coefficient (Wildman–Crippen LogP) is 4.28. The number of carbonyl (C=O) groups excluding carboxylic acids is 1. The third kappa shape index (κ3) is 4.06. The molecule has 0 spiro atoms. The molecule has 8 heteroatoms. The fourth-order valence-corrected chi connectivity index (χ4v) is 3.40. The van der Waals surface area contributed by atoms with Crippen LogP contribution < -0.4 is 14.8 Å². The SMILES string of the molecule is C[C@@H](Sc1ccc2c(c1)OCCO2)C(=O)Nc1ncc(Cl)cc1Cl. The standard InChI is InChI=1S/C16H14Cl2N2O3S/c1-9(16(21)20-15-12(18)6-10(17)8-19-15)24-11-2-3-13-14(7-11)23-5-4-22-13/h2-3,6-9H,4-5H2,1H3,(H,19,20,21)/t9-/m1/s1. The topological polar surface area (TPSA) is 60.5 Å². The second kappa shape index (κ2) is 7.51. The first-order valence-corrected chi connectivity index (χ1v) is 8.84. The van der Waals surface area contributed by atoms with Gasteiger partial charge in [-0.15, -0.1) is 11.8 Å². The Morgan fingerprint density at radius 2 is 2.00 bits per heavy atom. The number of halogens is 2. The fraction of sp³-hybridized carbons (Fsp3) is 0.250. The molecule has 1 aromatic carbocycles. The zero-order valence-corrected chi connectivity index (χ0v) is 15.0. The van der Waals surface area contributed by atoms with E-state index >= 15 is 0 Å². The monoisotopic (exact) mass is 384 g/mol. The first kappa shape index (κ1) is 17.2. The second-order valence-corrected chi connectivity index (χ2v) is 7.30. The molecule has 1 amide bonds. The first-order chi connectivity index (χ1) is 11.5. The molecule has 0 fully saturated rings. The number of ether oxygens (including phenoxy) is 2. The number of fused-ring (bicyclic) bond motifs is 1. The molecule has 1 aliphatic rings. The van der Waals surface area contributed by atoms with Gasteiger partial charge in [0.2, 0.25) is 5.91 Å². The molecular weight excluding hydrogens is 371 g/mol. The third-order valence-electron chi connectivity index (χ3n) is 3.25. The number of amides is 1. The minimum Gasteiger partial charge on any atom is -0.486 e. The van der Waals surface area contributed by atoms with Crippen molar-refractivity contribution >= 4 is 46.7 Å². The van der Waals surface area contributed by atoms with Gasteiger partial charge in [-0.25, -0.2) is 4.98 Å². The Hall–Kier alpha value is -1.63. The molecule has 1 atom stereocenters. The average Bonchev–Trinajstić information content (AvgIpc) is 2.57. The highest BCUT2D eigenvalue weighted by Crippen LogP contribution is 2.35. The molecule has 0 unspecified atom stereocenters. The molecular formula is C16H14Cl2N2O3S. The summed E-state index contributed by atoms with van der Waals surface area (Å²) < 4.78 is 11.0. The van der Waals surface area contributed by atoms with E-state index in [9.17, 15) is 4.79 Å². The number of rotatable bonds is 4. The maximum atomic E-state index is 12.3. The number of benzene rings is 1. The molecule has 3 rings (SSSR count). The van der Waals surface area contributed by atoms with Crippen LogP contribution in [0, 0.1) is 0 Å². The van der Waals surface area contributed by atoms with Crippen molar-refractivity contribution in [2.45, 2.75) is 17.1 Å². The summed E-state index contributed by atoms with van der Waals surface area (Å²) in [6, 6.07) is 7.15. The van der Waals surface area contributed by atoms with Gasteiger partial charge in [-0.2, -0.15) is 0 Å². The number of aromatic nitrogens is 1. The minimum atomic E-state index is -0.346. The Balaban J connectivity index is 1.65. The lowest BCUT2D eigenvalue weighted by atomic mass is 10.3. The number of hydrogen-bond acceptors (Lipinski definition) is 5. The van der Waals surface area contributed by atoms with Crippen LogP contribution in [0.2, 0.25) is 10.0 Å². The van der Waals surface area contributed by atoms with Crippen LogP contribution in [0.1, 0.15) is 6.92 Å².